The maximum atomic E-state index is 6.00. The van der Waals surface area contributed by atoms with Crippen LogP contribution in [-0.4, -0.2) is 40.3 Å². The maximum absolute atomic E-state index is 6.00. The van der Waals surface area contributed by atoms with Crippen LogP contribution in [0.2, 0.25) is 0 Å². The lowest BCUT2D eigenvalue weighted by molar-refractivity contribution is 0.0992. The smallest absolute Gasteiger partial charge is 0.191 e. The highest BCUT2D eigenvalue weighted by Gasteiger charge is 2.41. The van der Waals surface area contributed by atoms with E-state index in [0.29, 0.717) is 24.8 Å². The molecule has 2 N–H and O–H groups in total. The van der Waals surface area contributed by atoms with E-state index in [0.717, 1.165) is 31.9 Å². The van der Waals surface area contributed by atoms with Crippen LogP contribution in [0.3, 0.4) is 0 Å². The highest BCUT2D eigenvalue weighted by atomic mass is 16.5. The molecule has 1 aromatic heterocycles. The summed E-state index contributed by atoms with van der Waals surface area (Å²) >= 11 is 0. The molecular weight excluding hydrogens is 398 g/mol. The quantitative estimate of drug-likeness (QED) is 0.441. The van der Waals surface area contributed by atoms with Crippen molar-refractivity contribution in [2.45, 2.75) is 57.5 Å². The number of aliphatic imine (C=N–C) groups is 1. The Morgan fingerprint density at radius 1 is 1.16 bits per heavy atom. The summed E-state index contributed by atoms with van der Waals surface area (Å²) in [6.45, 7) is 4.40. The van der Waals surface area contributed by atoms with E-state index in [4.69, 9.17) is 9.73 Å². The molecule has 0 amide bonds. The van der Waals surface area contributed by atoms with E-state index in [-0.39, 0.29) is 0 Å². The first-order chi connectivity index (χ1) is 15.8. The number of nitrogens with zero attached hydrogens (tertiary/aromatic N) is 3. The highest BCUT2D eigenvalue weighted by molar-refractivity contribution is 5.80. The van der Waals surface area contributed by atoms with Gasteiger partial charge in [0, 0.05) is 25.5 Å². The monoisotopic (exact) mass is 429 g/mol. The van der Waals surface area contributed by atoms with Gasteiger partial charge in [-0.25, -0.2) is 9.98 Å². The second-order valence-corrected chi connectivity index (χ2v) is 8.64. The molecule has 0 saturated carbocycles. The summed E-state index contributed by atoms with van der Waals surface area (Å²) in [6.07, 6.45) is 9.84. The molecule has 3 heterocycles. The van der Waals surface area contributed by atoms with E-state index < -0.39 is 0 Å². The van der Waals surface area contributed by atoms with Crippen LogP contribution in [0.5, 0.6) is 0 Å². The Kier molecular flexibility index (Phi) is 6.21. The third kappa shape index (κ3) is 4.70. The number of benzene rings is 2. The first kappa shape index (κ1) is 20.8. The minimum atomic E-state index is 0.331. The van der Waals surface area contributed by atoms with E-state index in [2.05, 4.69) is 75.6 Å². The van der Waals surface area contributed by atoms with Crippen molar-refractivity contribution in [3.05, 3.63) is 78.4 Å². The van der Waals surface area contributed by atoms with Gasteiger partial charge in [0.2, 0.25) is 0 Å². The van der Waals surface area contributed by atoms with Gasteiger partial charge in [-0.05, 0) is 48.4 Å². The van der Waals surface area contributed by atoms with Gasteiger partial charge < -0.3 is 19.9 Å². The fourth-order valence-electron chi connectivity index (χ4n) is 4.77. The molecule has 3 unspecified atom stereocenters. The van der Waals surface area contributed by atoms with Crippen LogP contribution in [0, 0.1) is 0 Å². The second kappa shape index (κ2) is 9.57. The zero-order valence-electron chi connectivity index (χ0n) is 18.6. The number of rotatable bonds is 7. The van der Waals surface area contributed by atoms with Gasteiger partial charge in [0.1, 0.15) is 0 Å². The number of fused-ring (bicyclic) bond motifs is 2. The largest absolute Gasteiger partial charge is 0.373 e. The van der Waals surface area contributed by atoms with Gasteiger partial charge in [-0.3, -0.25) is 0 Å². The van der Waals surface area contributed by atoms with Crippen LogP contribution in [0.4, 0.5) is 0 Å². The third-order valence-corrected chi connectivity index (χ3v) is 6.39. The van der Waals surface area contributed by atoms with Crippen LogP contribution in [0.15, 0.2) is 72.2 Å². The molecule has 3 aromatic rings. The highest BCUT2D eigenvalue weighted by Crippen LogP contribution is 2.34. The Bertz CT molecular complexity index is 1040. The van der Waals surface area contributed by atoms with Crippen molar-refractivity contribution < 1.29 is 4.74 Å². The third-order valence-electron chi connectivity index (χ3n) is 6.39. The summed E-state index contributed by atoms with van der Waals surface area (Å²) in [5, 5.41) is 7.02. The number of guanidine groups is 1. The number of ether oxygens (including phenoxy) is 1. The minimum absolute atomic E-state index is 0.331. The summed E-state index contributed by atoms with van der Waals surface area (Å²) in [5.74, 6) is 0.874. The van der Waals surface area contributed by atoms with Crippen molar-refractivity contribution in [3.63, 3.8) is 0 Å². The molecule has 2 fully saturated rings. The normalized spacial score (nSPS) is 22.3. The SMILES string of the molecule is CCNC(=NCc1ccccc1-c1ccc(Cn2ccnc2)cc1)NC1CC2CCC1O2. The first-order valence-electron chi connectivity index (χ1n) is 11.6. The van der Waals surface area contributed by atoms with E-state index in [9.17, 15) is 0 Å². The van der Waals surface area contributed by atoms with Crippen molar-refractivity contribution in [1.29, 1.82) is 0 Å². The lowest BCUT2D eigenvalue weighted by Crippen LogP contribution is -2.47. The number of hydrogen-bond acceptors (Lipinski definition) is 3. The Morgan fingerprint density at radius 2 is 2.03 bits per heavy atom. The molecule has 32 heavy (non-hydrogen) atoms. The Hall–Kier alpha value is -3.12. The molecular formula is C26H31N5O. The molecule has 5 rings (SSSR count). The molecule has 0 aliphatic carbocycles. The van der Waals surface area contributed by atoms with Crippen molar-refractivity contribution in [3.8, 4) is 11.1 Å². The van der Waals surface area contributed by atoms with Crippen LogP contribution < -0.4 is 10.6 Å². The molecule has 2 bridgehead atoms. The van der Waals surface area contributed by atoms with Crippen molar-refractivity contribution in [2.24, 2.45) is 4.99 Å². The van der Waals surface area contributed by atoms with E-state index in [1.165, 1.54) is 28.7 Å². The number of imidazole rings is 1. The molecule has 2 saturated heterocycles. The summed E-state index contributed by atoms with van der Waals surface area (Å²) in [5.41, 5.74) is 4.92. The fraction of sp³-hybridized carbons (Fsp3) is 0.385. The molecule has 6 nitrogen and oxygen atoms in total. The second-order valence-electron chi connectivity index (χ2n) is 8.64. The maximum Gasteiger partial charge on any atom is 0.191 e. The molecule has 2 aliphatic heterocycles. The Morgan fingerprint density at radius 3 is 2.75 bits per heavy atom. The predicted molar refractivity (Wildman–Crippen MR) is 127 cm³/mol. The summed E-state index contributed by atoms with van der Waals surface area (Å²) < 4.78 is 8.07. The molecule has 2 aliphatic rings. The van der Waals surface area contributed by atoms with E-state index in [1.54, 1.807) is 0 Å². The van der Waals surface area contributed by atoms with E-state index >= 15 is 0 Å². The summed E-state index contributed by atoms with van der Waals surface area (Å²) in [6, 6.07) is 17.7. The minimum Gasteiger partial charge on any atom is -0.373 e. The van der Waals surface area contributed by atoms with Gasteiger partial charge in [-0.2, -0.15) is 0 Å². The lowest BCUT2D eigenvalue weighted by Gasteiger charge is -2.22. The van der Waals surface area contributed by atoms with E-state index in [1.807, 2.05) is 18.7 Å². The number of hydrogen-bond donors (Lipinski definition) is 2. The summed E-state index contributed by atoms with van der Waals surface area (Å²) in [7, 11) is 0. The predicted octanol–water partition coefficient (Wildman–Crippen LogP) is 3.97. The number of nitrogens with one attached hydrogen (secondary N) is 2. The zero-order valence-corrected chi connectivity index (χ0v) is 18.6. The fourth-order valence-corrected chi connectivity index (χ4v) is 4.77. The molecule has 0 radical (unpaired) electrons. The van der Waals surface area contributed by atoms with Gasteiger partial charge >= 0.3 is 0 Å². The van der Waals surface area contributed by atoms with Crippen molar-refractivity contribution >= 4 is 5.96 Å². The summed E-state index contributed by atoms with van der Waals surface area (Å²) in [4.78, 5) is 9.03. The first-order valence-corrected chi connectivity index (χ1v) is 11.6. The average Bonchev–Trinajstić information content (AvgIpc) is 3.58. The molecule has 2 aromatic carbocycles. The van der Waals surface area contributed by atoms with Gasteiger partial charge in [0.25, 0.3) is 0 Å². The molecule has 0 spiro atoms. The van der Waals surface area contributed by atoms with Crippen LogP contribution in [0.25, 0.3) is 11.1 Å². The van der Waals surface area contributed by atoms with Gasteiger partial charge in [-0.15, -0.1) is 0 Å². The molecule has 166 valence electrons. The molecule has 6 heteroatoms. The standard InChI is InChI=1S/C26H31N5O/c1-2-28-26(30-24-15-22-11-12-25(24)32-22)29-16-21-5-3-4-6-23(21)20-9-7-19(8-10-20)17-31-14-13-27-18-31/h3-10,13-14,18,22,24-25H,2,11-12,15-17H2,1H3,(H2,28,29,30). The van der Waals surface area contributed by atoms with Gasteiger partial charge in [0.15, 0.2) is 5.96 Å². The lowest BCUT2D eigenvalue weighted by atomic mass is 9.96. The van der Waals surface area contributed by atoms with Crippen LogP contribution in [0.1, 0.15) is 37.3 Å². The number of aromatic nitrogens is 2. The zero-order chi connectivity index (χ0) is 21.8. The van der Waals surface area contributed by atoms with Crippen molar-refractivity contribution in [1.82, 2.24) is 20.2 Å². The van der Waals surface area contributed by atoms with Crippen molar-refractivity contribution in [2.75, 3.05) is 6.54 Å². The van der Waals surface area contributed by atoms with Crippen LogP contribution in [-0.2, 0) is 17.8 Å². The van der Waals surface area contributed by atoms with Crippen LogP contribution >= 0.6 is 0 Å². The van der Waals surface area contributed by atoms with Gasteiger partial charge in [0.05, 0.1) is 31.1 Å². The Balaban J connectivity index is 1.30. The molecule has 3 atom stereocenters. The topological polar surface area (TPSA) is 63.5 Å². The van der Waals surface area contributed by atoms with Gasteiger partial charge in [-0.1, -0.05) is 48.5 Å². The average molecular weight is 430 g/mol. The Labute approximate surface area is 189 Å².